The molecule has 5 nitrogen and oxygen atoms in total. The van der Waals surface area contributed by atoms with Crippen molar-refractivity contribution in [1.29, 1.82) is 0 Å². The van der Waals surface area contributed by atoms with Gasteiger partial charge in [-0.3, -0.25) is 4.79 Å². The molecule has 0 aliphatic rings. The third-order valence-corrected chi connectivity index (χ3v) is 4.00. The Morgan fingerprint density at radius 3 is 1.69 bits per heavy atom. The molecule has 0 rings (SSSR count). The van der Waals surface area contributed by atoms with Crippen molar-refractivity contribution >= 4 is 11.9 Å². The molecule has 0 saturated carbocycles. The van der Waals surface area contributed by atoms with Crippen LogP contribution in [-0.2, 0) is 9.59 Å². The molecule has 0 heterocycles. The lowest BCUT2D eigenvalue weighted by molar-refractivity contribution is -0.144. The molecule has 0 spiro atoms. The van der Waals surface area contributed by atoms with E-state index in [1.165, 1.54) is 6.92 Å². The summed E-state index contributed by atoms with van der Waals surface area (Å²) in [6.45, 7) is 3.48. The Labute approximate surface area is 175 Å². The number of nitrogens with one attached hydrogen (secondary N) is 1. The molecule has 3 N–H and O–H groups in total. The van der Waals surface area contributed by atoms with Crippen LogP contribution in [0.1, 0.15) is 65.2 Å². The van der Waals surface area contributed by atoms with E-state index in [1.54, 1.807) is 0 Å². The standard InChI is InChI=1S/C24H37NO4/c1-3-4-5-6-7-8-9-10-11-12-13-14-15-16-17-18-19-20-22(27)25-23(21(2)26)24(28)29/h4-5,7-8,10-11,13-14,16-17,21,23,26H,3,6,9,12,15,18-20H2,1-2H3,(H,25,27)(H,28,29)/b5-4-,8-7-,11-10-,14-13-,17-16-/t21-,23+/m1/s1. The highest BCUT2D eigenvalue weighted by Gasteiger charge is 2.24. The number of carbonyl (C=O) groups is 2. The van der Waals surface area contributed by atoms with Crippen molar-refractivity contribution in [2.45, 2.75) is 77.4 Å². The molecule has 2 atom stereocenters. The molecule has 0 unspecified atom stereocenters. The number of carboxylic acid groups (broad SMARTS) is 1. The zero-order valence-electron chi connectivity index (χ0n) is 17.8. The Morgan fingerprint density at radius 1 is 0.828 bits per heavy atom. The van der Waals surface area contributed by atoms with Crippen LogP contribution < -0.4 is 5.32 Å². The van der Waals surface area contributed by atoms with Crippen molar-refractivity contribution in [1.82, 2.24) is 5.32 Å². The van der Waals surface area contributed by atoms with E-state index in [0.717, 1.165) is 38.5 Å². The summed E-state index contributed by atoms with van der Waals surface area (Å²) < 4.78 is 0. The minimum absolute atomic E-state index is 0.241. The number of allylic oxidation sites excluding steroid dienone is 10. The average Bonchev–Trinajstić information content (AvgIpc) is 2.68. The first-order chi connectivity index (χ1) is 14.0. The van der Waals surface area contributed by atoms with Crippen LogP contribution in [0.25, 0.3) is 0 Å². The molecule has 162 valence electrons. The maximum absolute atomic E-state index is 11.7. The smallest absolute Gasteiger partial charge is 0.328 e. The number of amides is 1. The second-order valence-corrected chi connectivity index (χ2v) is 6.72. The van der Waals surface area contributed by atoms with E-state index in [9.17, 15) is 14.7 Å². The summed E-state index contributed by atoms with van der Waals surface area (Å²) in [6.07, 6.45) is 26.7. The van der Waals surface area contributed by atoms with Gasteiger partial charge in [0, 0.05) is 6.42 Å². The lowest BCUT2D eigenvalue weighted by Gasteiger charge is -2.16. The average molecular weight is 404 g/mol. The quantitative estimate of drug-likeness (QED) is 0.254. The third-order valence-electron chi connectivity index (χ3n) is 4.00. The number of unbranched alkanes of at least 4 members (excludes halogenated alkanes) is 1. The van der Waals surface area contributed by atoms with Crippen LogP contribution in [0.3, 0.4) is 0 Å². The molecule has 0 aromatic carbocycles. The second-order valence-electron chi connectivity index (χ2n) is 6.72. The van der Waals surface area contributed by atoms with Gasteiger partial charge < -0.3 is 15.5 Å². The molecule has 0 fully saturated rings. The Balaban J connectivity index is 3.73. The molecule has 0 aliphatic carbocycles. The normalized spacial score (nSPS) is 14.6. The van der Waals surface area contributed by atoms with Gasteiger partial charge >= 0.3 is 5.97 Å². The first kappa shape index (κ1) is 26.6. The molecule has 1 amide bonds. The van der Waals surface area contributed by atoms with Gasteiger partial charge in [0.25, 0.3) is 0 Å². The fourth-order valence-corrected chi connectivity index (χ4v) is 2.38. The van der Waals surface area contributed by atoms with Gasteiger partial charge in [-0.15, -0.1) is 0 Å². The van der Waals surface area contributed by atoms with Crippen molar-refractivity contribution in [3.05, 3.63) is 60.8 Å². The summed E-state index contributed by atoms with van der Waals surface area (Å²) in [5.74, 6) is -1.59. The highest BCUT2D eigenvalue weighted by Crippen LogP contribution is 2.01. The summed E-state index contributed by atoms with van der Waals surface area (Å²) in [7, 11) is 0. The number of hydrogen-bond donors (Lipinski definition) is 3. The largest absolute Gasteiger partial charge is 0.480 e. The van der Waals surface area contributed by atoms with Crippen LogP contribution in [0.4, 0.5) is 0 Å². The highest BCUT2D eigenvalue weighted by molar-refractivity contribution is 5.83. The molecule has 0 aromatic heterocycles. The van der Waals surface area contributed by atoms with Gasteiger partial charge in [0.15, 0.2) is 6.04 Å². The van der Waals surface area contributed by atoms with E-state index in [2.05, 4.69) is 66.9 Å². The highest BCUT2D eigenvalue weighted by atomic mass is 16.4. The number of aliphatic carboxylic acids is 1. The van der Waals surface area contributed by atoms with Gasteiger partial charge in [0.1, 0.15) is 0 Å². The van der Waals surface area contributed by atoms with Crippen LogP contribution >= 0.6 is 0 Å². The molecule has 0 bridgehead atoms. The van der Waals surface area contributed by atoms with Crippen molar-refractivity contribution in [2.24, 2.45) is 0 Å². The lowest BCUT2D eigenvalue weighted by atomic mass is 10.1. The lowest BCUT2D eigenvalue weighted by Crippen LogP contribution is -2.47. The molecular weight excluding hydrogens is 366 g/mol. The van der Waals surface area contributed by atoms with Gasteiger partial charge in [-0.1, -0.05) is 67.7 Å². The maximum atomic E-state index is 11.7. The number of aliphatic hydroxyl groups is 1. The summed E-state index contributed by atoms with van der Waals surface area (Å²) in [4.78, 5) is 22.6. The zero-order valence-corrected chi connectivity index (χ0v) is 17.8. The summed E-state index contributed by atoms with van der Waals surface area (Å²) in [5.41, 5.74) is 0. The monoisotopic (exact) mass is 403 g/mol. The number of aliphatic hydroxyl groups excluding tert-OH is 1. The van der Waals surface area contributed by atoms with Gasteiger partial charge in [0.05, 0.1) is 6.10 Å². The minimum atomic E-state index is -1.25. The van der Waals surface area contributed by atoms with Crippen molar-refractivity contribution in [3.8, 4) is 0 Å². The zero-order chi connectivity index (χ0) is 21.7. The molecular formula is C24H37NO4. The van der Waals surface area contributed by atoms with Crippen LogP contribution in [0.2, 0.25) is 0 Å². The Morgan fingerprint density at radius 2 is 1.28 bits per heavy atom. The molecule has 5 heteroatoms. The van der Waals surface area contributed by atoms with E-state index >= 15 is 0 Å². The SMILES string of the molecule is CC/C=C\C/C=C\C/C=C\C/C=C\C/C=C\CCCC(=O)N[C@H](C(=O)O)[C@@H](C)O. The van der Waals surface area contributed by atoms with Crippen LogP contribution in [0, 0.1) is 0 Å². The van der Waals surface area contributed by atoms with Gasteiger partial charge in [-0.05, 0) is 51.9 Å². The van der Waals surface area contributed by atoms with E-state index in [0.29, 0.717) is 6.42 Å². The van der Waals surface area contributed by atoms with E-state index in [-0.39, 0.29) is 12.3 Å². The molecule has 29 heavy (non-hydrogen) atoms. The summed E-state index contributed by atoms with van der Waals surface area (Å²) >= 11 is 0. The van der Waals surface area contributed by atoms with Crippen LogP contribution in [-0.4, -0.2) is 34.2 Å². The summed E-state index contributed by atoms with van der Waals surface area (Å²) in [5, 5.41) is 20.6. The van der Waals surface area contributed by atoms with Crippen LogP contribution in [0.5, 0.6) is 0 Å². The van der Waals surface area contributed by atoms with Gasteiger partial charge in [-0.25, -0.2) is 4.79 Å². The van der Waals surface area contributed by atoms with Gasteiger partial charge in [-0.2, -0.15) is 0 Å². The summed E-state index contributed by atoms with van der Waals surface area (Å²) in [6, 6.07) is -1.25. The predicted octanol–water partition coefficient (Wildman–Crippen LogP) is 4.86. The molecule has 0 aliphatic heterocycles. The fraction of sp³-hybridized carbons (Fsp3) is 0.500. The topological polar surface area (TPSA) is 86.6 Å². The van der Waals surface area contributed by atoms with Crippen molar-refractivity contribution in [3.63, 3.8) is 0 Å². The first-order valence-corrected chi connectivity index (χ1v) is 10.4. The number of carboxylic acids is 1. The minimum Gasteiger partial charge on any atom is -0.480 e. The molecule has 0 radical (unpaired) electrons. The Hall–Kier alpha value is -2.40. The Bertz CT molecular complexity index is 586. The molecule has 0 aromatic rings. The number of carbonyl (C=O) groups excluding carboxylic acids is 1. The maximum Gasteiger partial charge on any atom is 0.328 e. The van der Waals surface area contributed by atoms with Crippen molar-refractivity contribution in [2.75, 3.05) is 0 Å². The van der Waals surface area contributed by atoms with Crippen LogP contribution in [0.15, 0.2) is 60.8 Å². The first-order valence-electron chi connectivity index (χ1n) is 10.4. The number of rotatable bonds is 16. The molecule has 0 saturated heterocycles. The van der Waals surface area contributed by atoms with Gasteiger partial charge in [0.2, 0.25) is 5.91 Å². The Kier molecular flexibility index (Phi) is 17.4. The van der Waals surface area contributed by atoms with E-state index in [1.807, 2.05) is 6.08 Å². The fourth-order valence-electron chi connectivity index (χ4n) is 2.38. The second kappa shape index (κ2) is 18.9. The third kappa shape index (κ3) is 17.4. The van der Waals surface area contributed by atoms with E-state index < -0.39 is 18.1 Å². The predicted molar refractivity (Wildman–Crippen MR) is 120 cm³/mol. The van der Waals surface area contributed by atoms with E-state index in [4.69, 9.17) is 5.11 Å². The van der Waals surface area contributed by atoms with Crippen molar-refractivity contribution < 1.29 is 19.8 Å². The number of hydrogen-bond acceptors (Lipinski definition) is 3.